The van der Waals surface area contributed by atoms with Gasteiger partial charge in [-0.05, 0) is 78.2 Å². The molecular weight excluding hydrogens is 504 g/mol. The van der Waals surface area contributed by atoms with Crippen molar-refractivity contribution in [3.63, 3.8) is 0 Å². The van der Waals surface area contributed by atoms with Gasteiger partial charge in [0.2, 0.25) is 0 Å². The lowest BCUT2D eigenvalue weighted by molar-refractivity contribution is -0.0260. The summed E-state index contributed by atoms with van der Waals surface area (Å²) in [5.41, 5.74) is 3.51. The molecule has 3 heterocycles. The van der Waals surface area contributed by atoms with Gasteiger partial charge in [0.05, 0.1) is 27.8 Å². The summed E-state index contributed by atoms with van der Waals surface area (Å²) in [5.74, 6) is 0.310. The largest absolute Gasteiger partial charge is 0.390 e. The quantitative estimate of drug-likeness (QED) is 0.345. The van der Waals surface area contributed by atoms with Gasteiger partial charge in [0.15, 0.2) is 0 Å². The highest BCUT2D eigenvalue weighted by atomic mass is 79.9. The Morgan fingerprint density at radius 2 is 2.00 bits per heavy atom. The van der Waals surface area contributed by atoms with Crippen LogP contribution in [-0.2, 0) is 0 Å². The molecule has 2 N–H and O–H groups in total. The van der Waals surface area contributed by atoms with Gasteiger partial charge >= 0.3 is 0 Å². The first-order valence-corrected chi connectivity index (χ1v) is 12.4. The number of aliphatic hydroxyl groups excluding tert-OH is 2. The van der Waals surface area contributed by atoms with Crippen molar-refractivity contribution in [2.45, 2.75) is 56.8 Å². The molecule has 0 amide bonds. The molecule has 2 aliphatic carbocycles. The van der Waals surface area contributed by atoms with Crippen LogP contribution < -0.4 is 0 Å². The molecule has 170 valence electrons. The number of aryl methyl sites for hydroxylation is 1. The van der Waals surface area contributed by atoms with Crippen molar-refractivity contribution in [2.24, 2.45) is 5.41 Å². The summed E-state index contributed by atoms with van der Waals surface area (Å²) in [4.78, 5) is 13.3. The van der Waals surface area contributed by atoms with Crippen LogP contribution >= 0.6 is 27.5 Å². The van der Waals surface area contributed by atoms with Crippen molar-refractivity contribution in [3.05, 3.63) is 63.7 Å². The number of nitrogens with zero attached hydrogens (tertiary/aromatic N) is 4. The van der Waals surface area contributed by atoms with Crippen LogP contribution in [0.1, 0.15) is 48.9 Å². The molecule has 2 saturated carbocycles. The van der Waals surface area contributed by atoms with Crippen molar-refractivity contribution in [3.8, 4) is 0 Å². The molecular formula is C25H24BrClN4O2. The van der Waals surface area contributed by atoms with Crippen LogP contribution in [0.15, 0.2) is 47.3 Å². The molecule has 0 saturated heterocycles. The number of halogens is 2. The third-order valence-corrected chi connectivity index (χ3v) is 9.01. The Hall–Kier alpha value is -2.06. The fourth-order valence-corrected chi connectivity index (χ4v) is 6.62. The topological polar surface area (TPSA) is 84.1 Å². The SMILES string of the molecule is Cc1ncnc2c1ccn2[C@@H]1C[C@@]2(CC[C@@H](c3ccc4cc(Br)c(Cl)nc4c3)C2)[C@@H](O)[C@H]1O. The highest BCUT2D eigenvalue weighted by molar-refractivity contribution is 9.10. The van der Waals surface area contributed by atoms with Gasteiger partial charge < -0.3 is 14.8 Å². The normalized spacial score (nSPS) is 29.6. The fraction of sp³-hybridized carbons (Fsp3) is 0.400. The van der Waals surface area contributed by atoms with Crippen molar-refractivity contribution in [1.82, 2.24) is 19.5 Å². The van der Waals surface area contributed by atoms with E-state index in [2.05, 4.69) is 49.1 Å². The first kappa shape index (κ1) is 21.5. The lowest BCUT2D eigenvalue weighted by atomic mass is 9.80. The molecule has 4 aromatic rings. The maximum Gasteiger partial charge on any atom is 0.143 e. The average Bonchev–Trinajstić information content (AvgIpc) is 3.48. The number of hydrogen-bond donors (Lipinski definition) is 2. The lowest BCUT2D eigenvalue weighted by Gasteiger charge is -2.28. The molecule has 0 unspecified atom stereocenters. The third-order valence-electron chi connectivity index (χ3n) is 7.89. The second kappa shape index (κ2) is 7.73. The van der Waals surface area contributed by atoms with Gasteiger partial charge in [-0.15, -0.1) is 0 Å². The Morgan fingerprint density at radius 1 is 1.15 bits per heavy atom. The van der Waals surface area contributed by atoms with E-state index < -0.39 is 12.2 Å². The van der Waals surface area contributed by atoms with E-state index in [4.69, 9.17) is 11.6 Å². The summed E-state index contributed by atoms with van der Waals surface area (Å²) in [6.07, 6.45) is 5.35. The first-order chi connectivity index (χ1) is 15.9. The predicted octanol–water partition coefficient (Wildman–Crippen LogP) is 5.32. The summed E-state index contributed by atoms with van der Waals surface area (Å²) < 4.78 is 2.82. The van der Waals surface area contributed by atoms with Gasteiger partial charge in [-0.25, -0.2) is 15.0 Å². The molecule has 1 aromatic carbocycles. The number of aliphatic hydroxyl groups is 2. The summed E-state index contributed by atoms with van der Waals surface area (Å²) in [6, 6.07) is 10.1. The second-order valence-electron chi connectivity index (χ2n) is 9.64. The van der Waals surface area contributed by atoms with Crippen molar-refractivity contribution < 1.29 is 10.2 Å². The van der Waals surface area contributed by atoms with Gasteiger partial charge in [0, 0.05) is 22.4 Å². The van der Waals surface area contributed by atoms with E-state index in [1.165, 1.54) is 5.56 Å². The molecule has 1 spiro atoms. The van der Waals surface area contributed by atoms with Gasteiger partial charge in [0.25, 0.3) is 0 Å². The molecule has 3 aromatic heterocycles. The van der Waals surface area contributed by atoms with E-state index in [9.17, 15) is 10.2 Å². The van der Waals surface area contributed by atoms with Crippen LogP contribution in [-0.4, -0.2) is 41.9 Å². The van der Waals surface area contributed by atoms with Gasteiger partial charge in [-0.3, -0.25) is 0 Å². The van der Waals surface area contributed by atoms with E-state index in [0.717, 1.165) is 57.8 Å². The number of pyridine rings is 1. The summed E-state index contributed by atoms with van der Waals surface area (Å²) in [7, 11) is 0. The van der Waals surface area contributed by atoms with Gasteiger partial charge in [-0.1, -0.05) is 23.7 Å². The Morgan fingerprint density at radius 3 is 2.85 bits per heavy atom. The highest BCUT2D eigenvalue weighted by Gasteiger charge is 2.56. The molecule has 5 atom stereocenters. The Bertz CT molecular complexity index is 1390. The van der Waals surface area contributed by atoms with Crippen molar-refractivity contribution in [2.75, 3.05) is 0 Å². The minimum atomic E-state index is -0.830. The molecule has 0 bridgehead atoms. The smallest absolute Gasteiger partial charge is 0.143 e. The van der Waals surface area contributed by atoms with Crippen LogP contribution in [0.25, 0.3) is 21.9 Å². The molecule has 8 heteroatoms. The van der Waals surface area contributed by atoms with E-state index in [1.54, 1.807) is 6.33 Å². The number of aromatic nitrogens is 4. The lowest BCUT2D eigenvalue weighted by Crippen LogP contribution is -2.35. The average molecular weight is 528 g/mol. The van der Waals surface area contributed by atoms with E-state index >= 15 is 0 Å². The summed E-state index contributed by atoms with van der Waals surface area (Å²) in [6.45, 7) is 1.96. The van der Waals surface area contributed by atoms with Crippen molar-refractivity contribution >= 4 is 49.5 Å². The standard InChI is InChI=1S/C25H24BrClN4O2/c1-13-17-5-7-31(24(17)29-12-28-13)20-11-25(22(33)21(20)32)6-4-16(10-25)14-2-3-15-8-18(26)23(27)30-19(15)9-14/h2-3,5,7-9,12,16,20-22,32-33H,4,6,10-11H2,1H3/t16-,20-,21+,22+,25+/m1/s1. The van der Waals surface area contributed by atoms with E-state index in [1.807, 2.05) is 29.8 Å². The summed E-state index contributed by atoms with van der Waals surface area (Å²) >= 11 is 9.66. The third kappa shape index (κ3) is 3.32. The van der Waals surface area contributed by atoms with Gasteiger partial charge in [0.1, 0.15) is 23.2 Å². The van der Waals surface area contributed by atoms with Crippen LogP contribution in [0.2, 0.25) is 5.15 Å². The monoisotopic (exact) mass is 526 g/mol. The molecule has 2 aliphatic rings. The zero-order valence-corrected chi connectivity index (χ0v) is 20.5. The van der Waals surface area contributed by atoms with Crippen LogP contribution in [0, 0.1) is 12.3 Å². The van der Waals surface area contributed by atoms with Gasteiger partial charge in [-0.2, -0.15) is 0 Å². The number of benzene rings is 1. The zero-order valence-electron chi connectivity index (χ0n) is 18.1. The Balaban J connectivity index is 1.30. The maximum absolute atomic E-state index is 11.2. The molecule has 6 nitrogen and oxygen atoms in total. The highest BCUT2D eigenvalue weighted by Crippen LogP contribution is 2.58. The second-order valence-corrected chi connectivity index (χ2v) is 10.9. The number of hydrogen-bond acceptors (Lipinski definition) is 5. The summed E-state index contributed by atoms with van der Waals surface area (Å²) in [5, 5.41) is 24.8. The molecule has 0 radical (unpaired) electrons. The zero-order chi connectivity index (χ0) is 22.9. The van der Waals surface area contributed by atoms with Crippen LogP contribution in [0.5, 0.6) is 0 Å². The fourth-order valence-electron chi connectivity index (χ4n) is 6.14. The molecule has 2 fully saturated rings. The Labute approximate surface area is 204 Å². The Kier molecular flexibility index (Phi) is 5.03. The van der Waals surface area contributed by atoms with Crippen LogP contribution in [0.3, 0.4) is 0 Å². The van der Waals surface area contributed by atoms with E-state index in [0.29, 0.717) is 11.1 Å². The number of rotatable bonds is 2. The maximum atomic E-state index is 11.2. The minimum Gasteiger partial charge on any atom is -0.390 e. The van der Waals surface area contributed by atoms with Crippen molar-refractivity contribution in [1.29, 1.82) is 0 Å². The van der Waals surface area contributed by atoms with Crippen LogP contribution in [0.4, 0.5) is 0 Å². The molecule has 33 heavy (non-hydrogen) atoms. The predicted molar refractivity (Wildman–Crippen MR) is 131 cm³/mol. The minimum absolute atomic E-state index is 0.208. The van der Waals surface area contributed by atoms with E-state index in [-0.39, 0.29) is 11.5 Å². The molecule has 6 rings (SSSR count). The number of fused-ring (bicyclic) bond motifs is 2. The first-order valence-electron chi connectivity index (χ1n) is 11.3. The molecule has 0 aliphatic heterocycles.